The Morgan fingerprint density at radius 3 is 2.89 bits per heavy atom. The molecule has 5 heteroatoms. The van der Waals surface area contributed by atoms with Crippen LogP contribution in [-0.4, -0.2) is 24.3 Å². The van der Waals surface area contributed by atoms with Crippen LogP contribution in [0.25, 0.3) is 0 Å². The molecule has 0 bridgehead atoms. The molecule has 0 aromatic heterocycles. The summed E-state index contributed by atoms with van der Waals surface area (Å²) in [7, 11) is 0. The van der Waals surface area contributed by atoms with Gasteiger partial charge in [0.25, 0.3) is 6.29 Å². The van der Waals surface area contributed by atoms with Crippen molar-refractivity contribution in [2.24, 2.45) is 5.92 Å². The molecule has 0 aromatic rings. The van der Waals surface area contributed by atoms with Gasteiger partial charge in [0.15, 0.2) is 0 Å². The minimum Gasteiger partial charge on any atom is -0.458 e. The molecule has 3 aliphatic rings. The highest BCUT2D eigenvalue weighted by Gasteiger charge is 2.40. The van der Waals surface area contributed by atoms with E-state index in [1.165, 1.54) is 6.26 Å². The zero-order valence-electron chi connectivity index (χ0n) is 9.79. The second kappa shape index (κ2) is 4.01. The van der Waals surface area contributed by atoms with Gasteiger partial charge in [-0.05, 0) is 19.4 Å². The summed E-state index contributed by atoms with van der Waals surface area (Å²) in [4.78, 5) is 22.7. The first-order valence-corrected chi connectivity index (χ1v) is 5.78. The highest BCUT2D eigenvalue weighted by Crippen LogP contribution is 2.36. The van der Waals surface area contributed by atoms with Gasteiger partial charge in [-0.1, -0.05) is 6.08 Å². The topological polar surface area (TPSA) is 61.8 Å². The number of hydrogen-bond acceptors (Lipinski definition) is 5. The molecule has 0 N–H and O–H groups in total. The van der Waals surface area contributed by atoms with Crippen molar-refractivity contribution in [1.82, 2.24) is 0 Å². The number of rotatable bonds is 2. The van der Waals surface area contributed by atoms with Crippen LogP contribution >= 0.6 is 0 Å². The fraction of sp³-hybridized carbons (Fsp3) is 0.385. The van der Waals surface area contributed by atoms with Gasteiger partial charge >= 0.3 is 11.9 Å². The van der Waals surface area contributed by atoms with E-state index in [1.807, 2.05) is 12.2 Å². The van der Waals surface area contributed by atoms with Crippen molar-refractivity contribution in [1.29, 1.82) is 0 Å². The van der Waals surface area contributed by atoms with Gasteiger partial charge in [0.2, 0.25) is 0 Å². The van der Waals surface area contributed by atoms with E-state index in [1.54, 1.807) is 13.0 Å². The summed E-state index contributed by atoms with van der Waals surface area (Å²) in [6.07, 6.45) is 6.64. The van der Waals surface area contributed by atoms with Crippen LogP contribution in [-0.2, 0) is 23.8 Å². The quantitative estimate of drug-likeness (QED) is 0.318. The molecule has 5 nitrogen and oxygen atoms in total. The molecule has 0 amide bonds. The maximum Gasteiger partial charge on any atom is 0.338 e. The molecule has 2 heterocycles. The molecule has 2 aliphatic heterocycles. The summed E-state index contributed by atoms with van der Waals surface area (Å²) in [5.74, 6) is -0.730. The lowest BCUT2D eigenvalue weighted by atomic mass is 9.99. The molecule has 3 unspecified atom stereocenters. The summed E-state index contributed by atoms with van der Waals surface area (Å²) in [6.45, 7) is 1.65. The number of cyclic esters (lactones) is 1. The zero-order valence-corrected chi connectivity index (χ0v) is 9.79. The van der Waals surface area contributed by atoms with Gasteiger partial charge in [-0.3, -0.25) is 0 Å². The van der Waals surface area contributed by atoms with Crippen LogP contribution in [0.3, 0.4) is 0 Å². The predicted molar refractivity (Wildman–Crippen MR) is 59.9 cm³/mol. The van der Waals surface area contributed by atoms with Crippen molar-refractivity contribution in [3.63, 3.8) is 0 Å². The van der Waals surface area contributed by atoms with Crippen LogP contribution in [0.5, 0.6) is 0 Å². The van der Waals surface area contributed by atoms with Crippen molar-refractivity contribution in [3.05, 3.63) is 35.6 Å². The van der Waals surface area contributed by atoms with Gasteiger partial charge < -0.3 is 14.2 Å². The highest BCUT2D eigenvalue weighted by molar-refractivity contribution is 5.92. The molecular weight excluding hydrogens is 236 g/mol. The largest absolute Gasteiger partial charge is 0.458 e. The van der Waals surface area contributed by atoms with E-state index in [0.29, 0.717) is 11.1 Å². The molecule has 1 fully saturated rings. The molecule has 0 aromatic carbocycles. The molecule has 1 aliphatic carbocycles. The Kier molecular flexibility index (Phi) is 2.47. The van der Waals surface area contributed by atoms with Crippen LogP contribution in [0.15, 0.2) is 35.6 Å². The Morgan fingerprint density at radius 1 is 1.33 bits per heavy atom. The minimum atomic E-state index is -0.744. The SMILES string of the molecule is CC1=CC(O/C=C2/C(=O)OC3C=CCC23)OC1=O. The van der Waals surface area contributed by atoms with Crippen LogP contribution in [0.2, 0.25) is 0 Å². The summed E-state index contributed by atoms with van der Waals surface area (Å²) >= 11 is 0. The van der Waals surface area contributed by atoms with E-state index in [0.717, 1.165) is 6.42 Å². The summed E-state index contributed by atoms with van der Waals surface area (Å²) in [5.41, 5.74) is 1.01. The second-order valence-corrected chi connectivity index (χ2v) is 4.47. The van der Waals surface area contributed by atoms with E-state index < -0.39 is 12.3 Å². The lowest BCUT2D eigenvalue weighted by molar-refractivity contribution is -0.152. The van der Waals surface area contributed by atoms with Crippen molar-refractivity contribution in [3.8, 4) is 0 Å². The number of fused-ring (bicyclic) bond motifs is 1. The molecular formula is C13H12O5. The Hall–Kier alpha value is -2.04. The number of carbonyl (C=O) groups excluding carboxylic acids is 2. The number of hydrogen-bond donors (Lipinski definition) is 0. The Morgan fingerprint density at radius 2 is 2.17 bits per heavy atom. The Balaban J connectivity index is 1.70. The van der Waals surface area contributed by atoms with E-state index in [2.05, 4.69) is 0 Å². The molecule has 18 heavy (non-hydrogen) atoms. The van der Waals surface area contributed by atoms with Gasteiger partial charge in [0, 0.05) is 17.6 Å². The standard InChI is InChI=1S/C13H12O5/c1-7-5-11(18-12(7)14)16-6-9-8-3-2-4-10(8)17-13(9)15/h2,4-6,8,10-11H,3H2,1H3/b9-6+. The molecule has 0 spiro atoms. The number of ether oxygens (including phenoxy) is 3. The third kappa shape index (κ3) is 1.72. The van der Waals surface area contributed by atoms with Crippen molar-refractivity contribution in [2.75, 3.05) is 0 Å². The monoisotopic (exact) mass is 248 g/mol. The molecule has 0 saturated carbocycles. The first kappa shape index (κ1) is 11.1. The van der Waals surface area contributed by atoms with Gasteiger partial charge in [-0.2, -0.15) is 0 Å². The summed E-state index contributed by atoms with van der Waals surface area (Å²) < 4.78 is 15.4. The number of carbonyl (C=O) groups is 2. The molecule has 94 valence electrons. The number of esters is 2. The van der Waals surface area contributed by atoms with E-state index in [9.17, 15) is 9.59 Å². The first-order chi connectivity index (χ1) is 8.65. The van der Waals surface area contributed by atoms with Gasteiger partial charge in [-0.25, -0.2) is 9.59 Å². The number of allylic oxidation sites excluding steroid dienone is 1. The van der Waals surface area contributed by atoms with Crippen LogP contribution < -0.4 is 0 Å². The molecule has 0 radical (unpaired) electrons. The van der Waals surface area contributed by atoms with Crippen LogP contribution in [0.4, 0.5) is 0 Å². The lowest BCUT2D eigenvalue weighted by Gasteiger charge is -2.09. The average molecular weight is 248 g/mol. The zero-order chi connectivity index (χ0) is 12.7. The van der Waals surface area contributed by atoms with Crippen LogP contribution in [0, 0.1) is 5.92 Å². The van der Waals surface area contributed by atoms with Crippen molar-refractivity contribution < 1.29 is 23.8 Å². The van der Waals surface area contributed by atoms with E-state index in [4.69, 9.17) is 14.2 Å². The summed E-state index contributed by atoms with van der Waals surface area (Å²) in [5, 5.41) is 0. The second-order valence-electron chi connectivity index (χ2n) is 4.47. The fourth-order valence-corrected chi connectivity index (χ4v) is 2.24. The maximum atomic E-state index is 11.6. The van der Waals surface area contributed by atoms with Crippen LogP contribution in [0.1, 0.15) is 13.3 Å². The molecule has 3 rings (SSSR count). The smallest absolute Gasteiger partial charge is 0.338 e. The van der Waals surface area contributed by atoms with Gasteiger partial charge in [0.05, 0.1) is 11.8 Å². The predicted octanol–water partition coefficient (Wildman–Crippen LogP) is 1.22. The molecule has 1 saturated heterocycles. The van der Waals surface area contributed by atoms with E-state index in [-0.39, 0.29) is 18.0 Å². The van der Waals surface area contributed by atoms with Crippen molar-refractivity contribution >= 4 is 11.9 Å². The third-order valence-electron chi connectivity index (χ3n) is 3.25. The third-order valence-corrected chi connectivity index (χ3v) is 3.25. The maximum absolute atomic E-state index is 11.6. The first-order valence-electron chi connectivity index (χ1n) is 5.78. The normalized spacial score (nSPS) is 35.5. The Labute approximate surface area is 104 Å². The average Bonchev–Trinajstić information content (AvgIpc) is 2.94. The molecule has 3 atom stereocenters. The minimum absolute atomic E-state index is 0.0275. The summed E-state index contributed by atoms with van der Waals surface area (Å²) in [6, 6.07) is 0. The van der Waals surface area contributed by atoms with Gasteiger partial charge in [0.1, 0.15) is 6.10 Å². The van der Waals surface area contributed by atoms with E-state index >= 15 is 0 Å². The highest BCUT2D eigenvalue weighted by atomic mass is 16.7. The van der Waals surface area contributed by atoms with Crippen molar-refractivity contribution in [2.45, 2.75) is 25.7 Å². The lowest BCUT2D eigenvalue weighted by Crippen LogP contribution is -2.12. The van der Waals surface area contributed by atoms with Gasteiger partial charge in [-0.15, -0.1) is 0 Å². The Bertz CT molecular complexity index is 500. The fourth-order valence-electron chi connectivity index (χ4n) is 2.24.